The lowest BCUT2D eigenvalue weighted by Crippen LogP contribution is -2.32. The highest BCUT2D eigenvalue weighted by Crippen LogP contribution is 2.25. The number of hydrogen-bond donors (Lipinski definition) is 1. The molecule has 3 aromatic rings. The van der Waals surface area contributed by atoms with Gasteiger partial charge in [0.1, 0.15) is 0 Å². The van der Waals surface area contributed by atoms with E-state index in [1.54, 1.807) is 6.20 Å². The fourth-order valence-electron chi connectivity index (χ4n) is 3.28. The Balaban J connectivity index is 1.72. The molecule has 5 heteroatoms. The van der Waals surface area contributed by atoms with Crippen LogP contribution in [-0.4, -0.2) is 35.1 Å². The number of pyridine rings is 2. The molecule has 0 radical (unpaired) electrons. The van der Waals surface area contributed by atoms with Crippen LogP contribution < -0.4 is 5.32 Å². The van der Waals surface area contributed by atoms with E-state index in [1.807, 2.05) is 49.4 Å². The predicted molar refractivity (Wildman–Crippen MR) is 101 cm³/mol. The minimum atomic E-state index is -0.101. The zero-order valence-corrected chi connectivity index (χ0v) is 14.7. The molecule has 1 N–H and O–H groups in total. The first-order valence-corrected chi connectivity index (χ1v) is 8.93. The average molecular weight is 347 g/mol. The Kier molecular flexibility index (Phi) is 4.63. The monoisotopic (exact) mass is 347 g/mol. The number of ether oxygens (including phenoxy) is 1. The molecule has 1 atom stereocenters. The van der Waals surface area contributed by atoms with Gasteiger partial charge in [0, 0.05) is 24.7 Å². The Bertz CT molecular complexity index is 935. The first-order chi connectivity index (χ1) is 12.7. The van der Waals surface area contributed by atoms with Gasteiger partial charge in [-0.25, -0.2) is 4.98 Å². The van der Waals surface area contributed by atoms with E-state index in [4.69, 9.17) is 9.72 Å². The number of hydrogen-bond acceptors (Lipinski definition) is 4. The van der Waals surface area contributed by atoms with Crippen molar-refractivity contribution in [2.45, 2.75) is 25.9 Å². The number of carbonyl (C=O) groups is 1. The van der Waals surface area contributed by atoms with Crippen LogP contribution in [0.4, 0.5) is 0 Å². The molecule has 1 aromatic carbocycles. The topological polar surface area (TPSA) is 64.1 Å². The Hall–Kier alpha value is -2.79. The summed E-state index contributed by atoms with van der Waals surface area (Å²) in [6, 6.07) is 13.5. The summed E-state index contributed by atoms with van der Waals surface area (Å²) < 4.78 is 5.60. The molecule has 1 aliphatic heterocycles. The van der Waals surface area contributed by atoms with Gasteiger partial charge in [0.05, 0.1) is 28.6 Å². The molecule has 4 rings (SSSR count). The number of nitrogens with one attached hydrogen (secondary N) is 1. The van der Waals surface area contributed by atoms with Gasteiger partial charge in [0.25, 0.3) is 5.91 Å². The first-order valence-electron chi connectivity index (χ1n) is 8.93. The third-order valence-corrected chi connectivity index (χ3v) is 4.65. The summed E-state index contributed by atoms with van der Waals surface area (Å²) >= 11 is 0. The van der Waals surface area contributed by atoms with Crippen molar-refractivity contribution in [3.63, 3.8) is 0 Å². The summed E-state index contributed by atoms with van der Waals surface area (Å²) in [4.78, 5) is 22.0. The molecule has 1 aliphatic rings. The van der Waals surface area contributed by atoms with Crippen molar-refractivity contribution in [1.29, 1.82) is 0 Å². The number of nitrogens with zero attached hydrogens (tertiary/aromatic N) is 2. The van der Waals surface area contributed by atoms with E-state index in [0.29, 0.717) is 17.8 Å². The molecule has 1 amide bonds. The van der Waals surface area contributed by atoms with E-state index in [9.17, 15) is 4.79 Å². The van der Waals surface area contributed by atoms with Gasteiger partial charge >= 0.3 is 0 Å². The maximum atomic E-state index is 12.9. The second-order valence-electron chi connectivity index (χ2n) is 6.64. The van der Waals surface area contributed by atoms with Crippen molar-refractivity contribution in [3.8, 4) is 11.4 Å². The lowest BCUT2D eigenvalue weighted by atomic mass is 10.0. The normalized spacial score (nSPS) is 16.7. The van der Waals surface area contributed by atoms with E-state index in [0.717, 1.165) is 41.6 Å². The van der Waals surface area contributed by atoms with E-state index >= 15 is 0 Å². The Morgan fingerprint density at radius 1 is 1.23 bits per heavy atom. The van der Waals surface area contributed by atoms with Gasteiger partial charge in [-0.1, -0.05) is 17.7 Å². The van der Waals surface area contributed by atoms with Crippen LogP contribution in [0.2, 0.25) is 0 Å². The van der Waals surface area contributed by atoms with Crippen LogP contribution >= 0.6 is 0 Å². The molecule has 1 fully saturated rings. The molecular formula is C21H21N3O2. The van der Waals surface area contributed by atoms with Crippen LogP contribution in [0.15, 0.2) is 48.7 Å². The lowest BCUT2D eigenvalue weighted by molar-refractivity contribution is 0.0859. The minimum Gasteiger partial charge on any atom is -0.376 e. The molecule has 5 nitrogen and oxygen atoms in total. The van der Waals surface area contributed by atoms with Crippen molar-refractivity contribution in [2.24, 2.45) is 0 Å². The SMILES string of the molecule is Cc1ccc2nc(-c3ccccn3)cc(C(=O)NC[C@H]3CCCO3)c2c1. The number of fused-ring (bicyclic) bond motifs is 1. The molecule has 3 heterocycles. The van der Waals surface area contributed by atoms with Crippen molar-refractivity contribution in [2.75, 3.05) is 13.2 Å². The fraction of sp³-hybridized carbons (Fsp3) is 0.286. The fourth-order valence-corrected chi connectivity index (χ4v) is 3.28. The van der Waals surface area contributed by atoms with E-state index < -0.39 is 0 Å². The van der Waals surface area contributed by atoms with Gasteiger partial charge in [0.2, 0.25) is 0 Å². The van der Waals surface area contributed by atoms with Gasteiger partial charge in [-0.15, -0.1) is 0 Å². The van der Waals surface area contributed by atoms with Gasteiger partial charge in [-0.3, -0.25) is 9.78 Å². The number of carbonyl (C=O) groups excluding carboxylic acids is 1. The molecule has 1 saturated heterocycles. The van der Waals surface area contributed by atoms with Crippen molar-refractivity contribution < 1.29 is 9.53 Å². The highest BCUT2D eigenvalue weighted by Gasteiger charge is 2.19. The zero-order valence-electron chi connectivity index (χ0n) is 14.7. The van der Waals surface area contributed by atoms with Crippen molar-refractivity contribution >= 4 is 16.8 Å². The Morgan fingerprint density at radius 3 is 2.92 bits per heavy atom. The number of amides is 1. The molecular weight excluding hydrogens is 326 g/mol. The van der Waals surface area contributed by atoms with Crippen LogP contribution in [0.5, 0.6) is 0 Å². The summed E-state index contributed by atoms with van der Waals surface area (Å²) in [6.45, 7) is 3.33. The van der Waals surface area contributed by atoms with Gasteiger partial charge in [-0.2, -0.15) is 0 Å². The van der Waals surface area contributed by atoms with Crippen LogP contribution in [0.1, 0.15) is 28.8 Å². The van der Waals surface area contributed by atoms with E-state index in [1.165, 1.54) is 0 Å². The summed E-state index contributed by atoms with van der Waals surface area (Å²) in [5, 5.41) is 3.88. The standard InChI is InChI=1S/C21H21N3O2/c1-14-7-8-18-16(11-14)17(21(25)23-13-15-5-4-10-26-15)12-20(24-18)19-6-2-3-9-22-19/h2-3,6-9,11-12,15H,4-5,10,13H2,1H3,(H,23,25)/t15-/m1/s1. The van der Waals surface area contributed by atoms with Crippen LogP contribution in [-0.2, 0) is 4.74 Å². The van der Waals surface area contributed by atoms with Crippen LogP contribution in [0.3, 0.4) is 0 Å². The van der Waals surface area contributed by atoms with E-state index in [-0.39, 0.29) is 12.0 Å². The number of aryl methyl sites for hydroxylation is 1. The van der Waals surface area contributed by atoms with Gasteiger partial charge in [-0.05, 0) is 50.1 Å². The van der Waals surface area contributed by atoms with Crippen molar-refractivity contribution in [3.05, 3.63) is 59.8 Å². The van der Waals surface area contributed by atoms with Crippen LogP contribution in [0, 0.1) is 6.92 Å². The zero-order chi connectivity index (χ0) is 17.9. The predicted octanol–water partition coefficient (Wildman–Crippen LogP) is 3.51. The van der Waals surface area contributed by atoms with Crippen LogP contribution in [0.25, 0.3) is 22.3 Å². The second-order valence-corrected chi connectivity index (χ2v) is 6.64. The quantitative estimate of drug-likeness (QED) is 0.784. The molecule has 132 valence electrons. The lowest BCUT2D eigenvalue weighted by Gasteiger charge is -2.13. The maximum Gasteiger partial charge on any atom is 0.252 e. The molecule has 0 unspecified atom stereocenters. The first kappa shape index (κ1) is 16.7. The molecule has 26 heavy (non-hydrogen) atoms. The summed E-state index contributed by atoms with van der Waals surface area (Å²) in [5.74, 6) is -0.101. The average Bonchev–Trinajstić information content (AvgIpc) is 3.19. The molecule has 0 aliphatic carbocycles. The smallest absolute Gasteiger partial charge is 0.252 e. The highest BCUT2D eigenvalue weighted by atomic mass is 16.5. The Labute approximate surface area is 152 Å². The Morgan fingerprint density at radius 2 is 2.15 bits per heavy atom. The molecule has 2 aromatic heterocycles. The largest absolute Gasteiger partial charge is 0.376 e. The number of aromatic nitrogens is 2. The van der Waals surface area contributed by atoms with Gasteiger partial charge < -0.3 is 10.1 Å². The summed E-state index contributed by atoms with van der Waals surface area (Å²) in [7, 11) is 0. The highest BCUT2D eigenvalue weighted by molar-refractivity contribution is 6.07. The van der Waals surface area contributed by atoms with Gasteiger partial charge in [0.15, 0.2) is 0 Å². The third kappa shape index (κ3) is 3.44. The molecule has 0 spiro atoms. The maximum absolute atomic E-state index is 12.9. The molecule has 0 bridgehead atoms. The summed E-state index contributed by atoms with van der Waals surface area (Å²) in [5.41, 5.74) is 3.96. The second kappa shape index (κ2) is 7.22. The molecule has 0 saturated carbocycles. The minimum absolute atomic E-state index is 0.101. The van der Waals surface area contributed by atoms with E-state index in [2.05, 4.69) is 10.3 Å². The third-order valence-electron chi connectivity index (χ3n) is 4.65. The number of benzene rings is 1. The van der Waals surface area contributed by atoms with Crippen molar-refractivity contribution in [1.82, 2.24) is 15.3 Å². The number of rotatable bonds is 4. The summed E-state index contributed by atoms with van der Waals surface area (Å²) in [6.07, 6.45) is 3.90.